The summed E-state index contributed by atoms with van der Waals surface area (Å²) >= 11 is 0. The van der Waals surface area contributed by atoms with Gasteiger partial charge in [0.05, 0.1) is 0 Å². The number of nitrogens with two attached hydrogens (primary N) is 1. The van der Waals surface area contributed by atoms with Gasteiger partial charge in [-0.15, -0.1) is 0 Å². The molecule has 1 atom stereocenters. The van der Waals surface area contributed by atoms with Crippen LogP contribution in [-0.4, -0.2) is 16.1 Å². The molecule has 2 N–H and O–H groups in total. The van der Waals surface area contributed by atoms with Crippen LogP contribution in [0.5, 0.6) is 0 Å². The Kier molecular flexibility index (Phi) is 1.66. The van der Waals surface area contributed by atoms with Gasteiger partial charge in [0.1, 0.15) is 5.82 Å². The van der Waals surface area contributed by atoms with E-state index in [0.717, 1.165) is 13.0 Å². The van der Waals surface area contributed by atoms with Gasteiger partial charge in [-0.1, -0.05) is 0 Å². The van der Waals surface area contributed by atoms with Crippen LogP contribution in [0.3, 0.4) is 0 Å². The molecule has 0 bridgehead atoms. The quantitative estimate of drug-likeness (QED) is 0.642. The summed E-state index contributed by atoms with van der Waals surface area (Å²) in [7, 11) is 0. The first-order chi connectivity index (χ1) is 5.42. The maximum Gasteiger partial charge on any atom is 0.108 e. The molecule has 0 amide bonds. The van der Waals surface area contributed by atoms with Crippen molar-refractivity contribution in [1.82, 2.24) is 9.55 Å². The van der Waals surface area contributed by atoms with Crippen molar-refractivity contribution in [2.45, 2.75) is 25.3 Å². The first-order valence-corrected chi connectivity index (χ1v) is 4.13. The van der Waals surface area contributed by atoms with Gasteiger partial charge in [0, 0.05) is 31.4 Å². The average Bonchev–Trinajstić information content (AvgIpc) is 2.50. The molecule has 2 rings (SSSR count). The van der Waals surface area contributed by atoms with Crippen LogP contribution in [0.4, 0.5) is 0 Å². The second kappa shape index (κ2) is 2.66. The lowest BCUT2D eigenvalue weighted by molar-refractivity contribution is 0.404. The molecule has 0 radical (unpaired) electrons. The second-order valence-electron chi connectivity index (χ2n) is 3.03. The molecule has 1 aliphatic rings. The molecule has 1 aromatic rings. The maximum absolute atomic E-state index is 5.63. The summed E-state index contributed by atoms with van der Waals surface area (Å²) in [6, 6.07) is 0.501. The van der Waals surface area contributed by atoms with Crippen molar-refractivity contribution in [2.75, 3.05) is 6.54 Å². The molecule has 1 aliphatic heterocycles. The van der Waals surface area contributed by atoms with Gasteiger partial charge in [-0.25, -0.2) is 4.98 Å². The summed E-state index contributed by atoms with van der Waals surface area (Å²) in [4.78, 5) is 4.26. The summed E-state index contributed by atoms with van der Waals surface area (Å²) in [6.07, 6.45) is 7.46. The lowest BCUT2D eigenvalue weighted by atomic mass is 10.1. The normalized spacial score (nSPS) is 23.2. The minimum absolute atomic E-state index is 0.501. The van der Waals surface area contributed by atoms with E-state index in [0.29, 0.717) is 6.04 Å². The first-order valence-electron chi connectivity index (χ1n) is 4.13. The predicted molar refractivity (Wildman–Crippen MR) is 43.3 cm³/mol. The highest BCUT2D eigenvalue weighted by Gasteiger charge is 2.17. The summed E-state index contributed by atoms with van der Waals surface area (Å²) in [6.45, 7) is 0.739. The van der Waals surface area contributed by atoms with Gasteiger partial charge in [-0.05, 0) is 12.8 Å². The fraction of sp³-hybridized carbons (Fsp3) is 0.625. The van der Waals surface area contributed by atoms with E-state index in [-0.39, 0.29) is 0 Å². The maximum atomic E-state index is 5.63. The highest BCUT2D eigenvalue weighted by atomic mass is 15.1. The second-order valence-corrected chi connectivity index (χ2v) is 3.03. The molecular formula is C8H13N3. The molecule has 3 heteroatoms. The van der Waals surface area contributed by atoms with Crippen LogP contribution in [0.15, 0.2) is 12.4 Å². The van der Waals surface area contributed by atoms with Crippen LogP contribution in [0.25, 0.3) is 0 Å². The molecule has 0 aliphatic carbocycles. The Morgan fingerprint density at radius 1 is 1.73 bits per heavy atom. The van der Waals surface area contributed by atoms with Crippen molar-refractivity contribution < 1.29 is 0 Å². The van der Waals surface area contributed by atoms with Gasteiger partial charge in [0.15, 0.2) is 0 Å². The fourth-order valence-corrected chi connectivity index (χ4v) is 1.74. The van der Waals surface area contributed by atoms with Crippen LogP contribution < -0.4 is 5.73 Å². The molecule has 0 saturated carbocycles. The average molecular weight is 151 g/mol. The zero-order valence-electron chi connectivity index (χ0n) is 6.53. The van der Waals surface area contributed by atoms with E-state index in [2.05, 4.69) is 9.55 Å². The monoisotopic (exact) mass is 151 g/mol. The third-order valence-corrected chi connectivity index (χ3v) is 2.35. The lowest BCUT2D eigenvalue weighted by Gasteiger charge is -2.23. The Balaban J connectivity index is 2.32. The fourth-order valence-electron chi connectivity index (χ4n) is 1.74. The molecule has 2 heterocycles. The standard InChI is InChI=1S/C8H13N3/c9-6-7-2-1-3-8-10-4-5-11(7)8/h4-5,7H,1-3,6,9H2/t7-/m1/s1. The number of hydrogen-bond acceptors (Lipinski definition) is 2. The molecular weight excluding hydrogens is 138 g/mol. The Bertz CT molecular complexity index is 241. The molecule has 3 nitrogen and oxygen atoms in total. The van der Waals surface area contributed by atoms with Gasteiger partial charge in [-0.3, -0.25) is 0 Å². The largest absolute Gasteiger partial charge is 0.331 e. The summed E-state index contributed by atoms with van der Waals surface area (Å²) < 4.78 is 2.21. The van der Waals surface area contributed by atoms with E-state index in [9.17, 15) is 0 Å². The Hall–Kier alpha value is -0.830. The van der Waals surface area contributed by atoms with Crippen molar-refractivity contribution in [2.24, 2.45) is 5.73 Å². The van der Waals surface area contributed by atoms with Crippen LogP contribution in [0, 0.1) is 0 Å². The minimum Gasteiger partial charge on any atom is -0.331 e. The SMILES string of the molecule is NC[C@H]1CCCc2nccn21. The number of hydrogen-bond donors (Lipinski definition) is 1. The Morgan fingerprint density at radius 2 is 2.64 bits per heavy atom. The molecule has 0 saturated heterocycles. The van der Waals surface area contributed by atoms with Gasteiger partial charge < -0.3 is 10.3 Å². The van der Waals surface area contributed by atoms with Crippen molar-refractivity contribution in [3.05, 3.63) is 18.2 Å². The molecule has 1 aromatic heterocycles. The Morgan fingerprint density at radius 3 is 3.45 bits per heavy atom. The van der Waals surface area contributed by atoms with Gasteiger partial charge in [0.2, 0.25) is 0 Å². The zero-order valence-corrected chi connectivity index (χ0v) is 6.53. The minimum atomic E-state index is 0.501. The third-order valence-electron chi connectivity index (χ3n) is 2.35. The van der Waals surface area contributed by atoms with Crippen LogP contribution in [0.2, 0.25) is 0 Å². The number of aryl methyl sites for hydroxylation is 1. The van der Waals surface area contributed by atoms with Crippen LogP contribution >= 0.6 is 0 Å². The molecule has 0 spiro atoms. The van der Waals surface area contributed by atoms with Gasteiger partial charge >= 0.3 is 0 Å². The summed E-state index contributed by atoms with van der Waals surface area (Å²) in [5.74, 6) is 1.20. The van der Waals surface area contributed by atoms with E-state index in [1.165, 1.54) is 18.7 Å². The number of nitrogens with zero attached hydrogens (tertiary/aromatic N) is 2. The number of aromatic nitrogens is 2. The number of fused-ring (bicyclic) bond motifs is 1. The van der Waals surface area contributed by atoms with Crippen molar-refractivity contribution in [3.63, 3.8) is 0 Å². The summed E-state index contributed by atoms with van der Waals surface area (Å²) in [5, 5.41) is 0. The smallest absolute Gasteiger partial charge is 0.108 e. The predicted octanol–water partition coefficient (Wildman–Crippen LogP) is 0.719. The number of imidazole rings is 1. The van der Waals surface area contributed by atoms with Crippen LogP contribution in [-0.2, 0) is 6.42 Å². The molecule has 0 fully saturated rings. The van der Waals surface area contributed by atoms with E-state index in [1.54, 1.807) is 0 Å². The lowest BCUT2D eigenvalue weighted by Crippen LogP contribution is -2.24. The van der Waals surface area contributed by atoms with Crippen molar-refractivity contribution in [1.29, 1.82) is 0 Å². The van der Waals surface area contributed by atoms with E-state index in [1.807, 2.05) is 12.4 Å². The summed E-state index contributed by atoms with van der Waals surface area (Å²) in [5.41, 5.74) is 5.63. The van der Waals surface area contributed by atoms with Crippen molar-refractivity contribution >= 4 is 0 Å². The van der Waals surface area contributed by atoms with Gasteiger partial charge in [-0.2, -0.15) is 0 Å². The molecule has 0 unspecified atom stereocenters. The van der Waals surface area contributed by atoms with Gasteiger partial charge in [0.25, 0.3) is 0 Å². The highest BCUT2D eigenvalue weighted by molar-refractivity contribution is 4.99. The Labute approximate surface area is 66.2 Å². The molecule has 60 valence electrons. The van der Waals surface area contributed by atoms with Crippen molar-refractivity contribution in [3.8, 4) is 0 Å². The van der Waals surface area contributed by atoms with E-state index >= 15 is 0 Å². The number of rotatable bonds is 1. The highest BCUT2D eigenvalue weighted by Crippen LogP contribution is 2.21. The topological polar surface area (TPSA) is 43.8 Å². The third kappa shape index (κ3) is 1.05. The van der Waals surface area contributed by atoms with E-state index < -0.39 is 0 Å². The zero-order chi connectivity index (χ0) is 7.68. The van der Waals surface area contributed by atoms with E-state index in [4.69, 9.17) is 5.73 Å². The molecule has 0 aromatic carbocycles. The molecule has 11 heavy (non-hydrogen) atoms. The first kappa shape index (κ1) is 6.85. The van der Waals surface area contributed by atoms with Crippen LogP contribution in [0.1, 0.15) is 24.7 Å².